The predicted octanol–water partition coefficient (Wildman–Crippen LogP) is 6.80. The molecule has 0 unspecified atom stereocenters. The summed E-state index contributed by atoms with van der Waals surface area (Å²) in [5.74, 6) is -1.45. The van der Waals surface area contributed by atoms with Crippen LogP contribution in [0.25, 0.3) is 10.2 Å². The molecule has 3 nitrogen and oxygen atoms in total. The number of fused-ring (bicyclic) bond motifs is 1. The number of nitrogens with one attached hydrogen (secondary N) is 1. The highest BCUT2D eigenvalue weighted by Crippen LogP contribution is 2.45. The summed E-state index contributed by atoms with van der Waals surface area (Å²) in [6, 6.07) is 2.46. The van der Waals surface area contributed by atoms with Crippen LogP contribution in [0.1, 0.15) is 16.7 Å². The molecule has 0 fully saturated rings. The molecule has 0 atom stereocenters. The molecule has 0 amide bonds. The van der Waals surface area contributed by atoms with Crippen LogP contribution in [0.5, 0.6) is 5.75 Å². The largest absolute Gasteiger partial charge is 0.507 e. The van der Waals surface area contributed by atoms with Crippen molar-refractivity contribution in [2.45, 2.75) is 18.5 Å². The Balaban J connectivity index is 2.06. The van der Waals surface area contributed by atoms with E-state index in [1.807, 2.05) is 0 Å². The van der Waals surface area contributed by atoms with Crippen LogP contribution >= 0.6 is 11.3 Å². The quantitative estimate of drug-likeness (QED) is 0.426. The van der Waals surface area contributed by atoms with Crippen molar-refractivity contribution in [3.63, 3.8) is 0 Å². The van der Waals surface area contributed by atoms with Crippen molar-refractivity contribution >= 4 is 32.4 Å². The van der Waals surface area contributed by atoms with E-state index in [4.69, 9.17) is 0 Å². The lowest BCUT2D eigenvalue weighted by molar-refractivity contribution is -0.143. The average molecular weight is 446 g/mol. The van der Waals surface area contributed by atoms with Gasteiger partial charge in [-0.25, -0.2) is 4.98 Å². The molecule has 0 saturated heterocycles. The van der Waals surface area contributed by atoms with E-state index in [1.54, 1.807) is 0 Å². The highest BCUT2D eigenvalue weighted by Gasteiger charge is 2.40. The summed E-state index contributed by atoms with van der Waals surface area (Å²) in [5, 5.41) is 11.3. The van der Waals surface area contributed by atoms with E-state index in [1.165, 1.54) is 0 Å². The van der Waals surface area contributed by atoms with Gasteiger partial charge < -0.3 is 10.4 Å². The number of hydrogen-bond donors (Lipinski definition) is 2. The minimum absolute atomic E-state index is 0.00739. The molecule has 0 aliphatic rings. The summed E-state index contributed by atoms with van der Waals surface area (Å²) in [7, 11) is 0. The van der Waals surface area contributed by atoms with Crippen LogP contribution in [-0.4, -0.2) is 10.1 Å². The van der Waals surface area contributed by atoms with Crippen molar-refractivity contribution in [3.8, 4) is 5.75 Å². The standard InChI is InChI=1S/C16H7F9N2OS/c17-14(18,19)6-1-2-9-12(3-6)29-13(26-9)27-10-5-11(28)8(16(23,24)25)4-7(10)15(20,21)22/h1-5,28H,(H,26,27). The van der Waals surface area contributed by atoms with E-state index in [2.05, 4.69) is 10.3 Å². The molecule has 0 saturated carbocycles. The first-order valence-corrected chi connectivity index (χ1v) is 8.24. The minimum atomic E-state index is -5.23. The van der Waals surface area contributed by atoms with E-state index < -0.39 is 46.7 Å². The topological polar surface area (TPSA) is 45.1 Å². The molecule has 2 aromatic carbocycles. The van der Waals surface area contributed by atoms with Gasteiger partial charge in [-0.05, 0) is 24.3 Å². The molecule has 2 N–H and O–H groups in total. The second-order valence-electron chi connectivity index (χ2n) is 5.73. The number of phenolic OH excluding ortho intramolecular Hbond substituents is 1. The fourth-order valence-electron chi connectivity index (χ4n) is 2.42. The van der Waals surface area contributed by atoms with Gasteiger partial charge in [0.05, 0.1) is 32.6 Å². The maximum Gasteiger partial charge on any atom is 0.419 e. The van der Waals surface area contributed by atoms with Crippen LogP contribution in [-0.2, 0) is 18.5 Å². The second kappa shape index (κ2) is 6.68. The molecule has 0 radical (unpaired) electrons. The summed E-state index contributed by atoms with van der Waals surface area (Å²) in [4.78, 5) is 3.82. The Labute approximate surface area is 159 Å². The fourth-order valence-corrected chi connectivity index (χ4v) is 3.34. The monoisotopic (exact) mass is 446 g/mol. The lowest BCUT2D eigenvalue weighted by Gasteiger charge is -2.17. The van der Waals surface area contributed by atoms with Gasteiger partial charge in [-0.15, -0.1) is 0 Å². The van der Waals surface area contributed by atoms with Crippen LogP contribution in [0.4, 0.5) is 50.3 Å². The van der Waals surface area contributed by atoms with Crippen LogP contribution in [0.15, 0.2) is 30.3 Å². The zero-order valence-electron chi connectivity index (χ0n) is 13.6. The molecule has 1 aromatic heterocycles. The average Bonchev–Trinajstić information content (AvgIpc) is 2.92. The molecule has 29 heavy (non-hydrogen) atoms. The van der Waals surface area contributed by atoms with Gasteiger partial charge in [0.25, 0.3) is 0 Å². The predicted molar refractivity (Wildman–Crippen MR) is 86.0 cm³/mol. The molecule has 0 aliphatic heterocycles. The summed E-state index contributed by atoms with van der Waals surface area (Å²) in [5.41, 5.74) is -5.50. The van der Waals surface area contributed by atoms with E-state index in [-0.39, 0.29) is 27.5 Å². The smallest absolute Gasteiger partial charge is 0.419 e. The summed E-state index contributed by atoms with van der Waals surface area (Å²) >= 11 is 0.564. The van der Waals surface area contributed by atoms with Crippen molar-refractivity contribution in [2.24, 2.45) is 0 Å². The van der Waals surface area contributed by atoms with Crippen LogP contribution in [0.3, 0.4) is 0 Å². The van der Waals surface area contributed by atoms with Crippen molar-refractivity contribution in [3.05, 3.63) is 47.0 Å². The molecule has 0 bridgehead atoms. The van der Waals surface area contributed by atoms with Gasteiger partial charge in [0.1, 0.15) is 5.75 Å². The fraction of sp³-hybridized carbons (Fsp3) is 0.188. The number of nitrogens with zero attached hydrogens (tertiary/aromatic N) is 1. The molecule has 3 rings (SSSR count). The summed E-state index contributed by atoms with van der Waals surface area (Å²) in [6.45, 7) is 0. The molecule has 156 valence electrons. The molecule has 3 aromatic rings. The highest BCUT2D eigenvalue weighted by atomic mass is 32.1. The summed E-state index contributed by atoms with van der Waals surface area (Å²) in [6.07, 6.45) is -15.1. The Morgan fingerprint density at radius 3 is 1.97 bits per heavy atom. The highest BCUT2D eigenvalue weighted by molar-refractivity contribution is 7.22. The van der Waals surface area contributed by atoms with Crippen LogP contribution in [0.2, 0.25) is 0 Å². The maximum absolute atomic E-state index is 13.2. The van der Waals surface area contributed by atoms with E-state index in [0.29, 0.717) is 11.3 Å². The van der Waals surface area contributed by atoms with Crippen LogP contribution < -0.4 is 5.32 Å². The third kappa shape index (κ3) is 4.33. The number of aromatic hydroxyl groups is 1. The van der Waals surface area contributed by atoms with Gasteiger partial charge in [0.15, 0.2) is 5.13 Å². The lowest BCUT2D eigenvalue weighted by Crippen LogP contribution is -2.13. The summed E-state index contributed by atoms with van der Waals surface area (Å²) < 4.78 is 116. The van der Waals surface area contributed by atoms with E-state index >= 15 is 0 Å². The Kier molecular flexibility index (Phi) is 4.84. The number of anilines is 2. The van der Waals surface area contributed by atoms with Crippen molar-refractivity contribution in [2.75, 3.05) is 5.32 Å². The molecule has 0 spiro atoms. The van der Waals surface area contributed by atoms with Gasteiger partial charge >= 0.3 is 18.5 Å². The van der Waals surface area contributed by atoms with E-state index in [0.717, 1.165) is 18.2 Å². The Bertz CT molecular complexity index is 1070. The third-order valence-electron chi connectivity index (χ3n) is 3.70. The van der Waals surface area contributed by atoms with Crippen molar-refractivity contribution < 1.29 is 44.6 Å². The molecular weight excluding hydrogens is 439 g/mol. The minimum Gasteiger partial charge on any atom is -0.507 e. The molecule has 1 heterocycles. The first-order chi connectivity index (χ1) is 13.2. The van der Waals surface area contributed by atoms with E-state index in [9.17, 15) is 44.6 Å². The number of rotatable bonds is 2. The number of phenols is 1. The number of alkyl halides is 9. The number of aromatic nitrogens is 1. The van der Waals surface area contributed by atoms with Gasteiger partial charge in [0, 0.05) is 6.07 Å². The van der Waals surface area contributed by atoms with Gasteiger partial charge in [0.2, 0.25) is 0 Å². The molecular formula is C16H7F9N2OS. The Morgan fingerprint density at radius 1 is 0.793 bits per heavy atom. The second-order valence-corrected chi connectivity index (χ2v) is 6.77. The third-order valence-corrected chi connectivity index (χ3v) is 4.64. The zero-order chi connectivity index (χ0) is 21.8. The van der Waals surface area contributed by atoms with Crippen LogP contribution in [0, 0.1) is 0 Å². The first-order valence-electron chi connectivity index (χ1n) is 7.42. The van der Waals surface area contributed by atoms with Crippen molar-refractivity contribution in [1.82, 2.24) is 4.98 Å². The molecule has 13 heteroatoms. The normalized spacial score (nSPS) is 13.1. The van der Waals surface area contributed by atoms with Gasteiger partial charge in [-0.1, -0.05) is 11.3 Å². The van der Waals surface area contributed by atoms with Crippen molar-refractivity contribution in [1.29, 1.82) is 0 Å². The lowest BCUT2D eigenvalue weighted by atomic mass is 10.1. The number of benzene rings is 2. The number of thiazole rings is 1. The SMILES string of the molecule is Oc1cc(Nc2nc3ccc(C(F)(F)F)cc3s2)c(C(F)(F)F)cc1C(F)(F)F. The maximum atomic E-state index is 13.2. The van der Waals surface area contributed by atoms with Gasteiger partial charge in [-0.3, -0.25) is 0 Å². The Hall–Kier alpha value is -2.70. The molecule has 0 aliphatic carbocycles. The number of hydrogen-bond acceptors (Lipinski definition) is 4. The zero-order valence-corrected chi connectivity index (χ0v) is 14.4. The first kappa shape index (κ1) is 21.0. The Morgan fingerprint density at radius 2 is 1.41 bits per heavy atom. The number of halogens is 9. The van der Waals surface area contributed by atoms with Gasteiger partial charge in [-0.2, -0.15) is 39.5 Å².